The zero-order chi connectivity index (χ0) is 20.3. The number of benzene rings is 1. The van der Waals surface area contributed by atoms with Crippen molar-refractivity contribution in [2.75, 3.05) is 38.2 Å². The number of hydrogen-bond donors (Lipinski definition) is 2. The Morgan fingerprint density at radius 3 is 2.73 bits per heavy atom. The maximum absolute atomic E-state index is 10.6. The number of ether oxygens (including phenoxy) is 1. The van der Waals surface area contributed by atoms with Crippen molar-refractivity contribution < 1.29 is 9.84 Å². The molecule has 3 heterocycles. The van der Waals surface area contributed by atoms with Gasteiger partial charge in [0.15, 0.2) is 0 Å². The van der Waals surface area contributed by atoms with E-state index in [1.807, 2.05) is 41.7 Å². The largest absolute Gasteiger partial charge is 0.387 e. The van der Waals surface area contributed by atoms with Crippen LogP contribution in [0, 0.1) is 0 Å². The van der Waals surface area contributed by atoms with E-state index in [0.717, 1.165) is 67.7 Å². The van der Waals surface area contributed by atoms with Gasteiger partial charge < -0.3 is 15.2 Å². The molecule has 2 aliphatic rings. The number of fused-ring (bicyclic) bond motifs is 3. The number of nitrogens with one attached hydrogen (secondary N) is 1. The van der Waals surface area contributed by atoms with Crippen LogP contribution < -0.4 is 5.32 Å². The number of aliphatic hydroxyl groups is 1. The molecule has 1 aliphatic heterocycles. The molecule has 2 aromatic heterocycles. The molecule has 0 saturated carbocycles. The van der Waals surface area contributed by atoms with E-state index >= 15 is 0 Å². The third-order valence-electron chi connectivity index (χ3n) is 5.98. The SMILES string of the molecule is OC(CNc1nc(CN2CCOCC2)nc2sc3c(c12)CCCC3)c1ccccc1. The number of nitrogens with zero attached hydrogens (tertiary/aromatic N) is 3. The molecule has 2 N–H and O–H groups in total. The molecule has 1 fully saturated rings. The minimum absolute atomic E-state index is 0.428. The van der Waals surface area contributed by atoms with Crippen LogP contribution in [-0.2, 0) is 24.1 Å². The number of thiophene rings is 1. The molecule has 0 amide bonds. The minimum atomic E-state index is -0.576. The highest BCUT2D eigenvalue weighted by Gasteiger charge is 2.22. The van der Waals surface area contributed by atoms with Gasteiger partial charge in [0.2, 0.25) is 0 Å². The summed E-state index contributed by atoms with van der Waals surface area (Å²) in [4.78, 5) is 14.8. The first kappa shape index (κ1) is 19.9. The molecule has 3 aromatic rings. The van der Waals surface area contributed by atoms with Gasteiger partial charge in [-0.1, -0.05) is 30.3 Å². The van der Waals surface area contributed by atoms with Gasteiger partial charge in [-0.05, 0) is 36.8 Å². The average Bonchev–Trinajstić information content (AvgIpc) is 3.17. The number of aliphatic hydroxyl groups excluding tert-OH is 1. The number of morpholine rings is 1. The summed E-state index contributed by atoms with van der Waals surface area (Å²) < 4.78 is 5.47. The van der Waals surface area contributed by atoms with E-state index in [1.165, 1.54) is 28.7 Å². The van der Waals surface area contributed by atoms with Crippen LogP contribution >= 0.6 is 11.3 Å². The highest BCUT2D eigenvalue weighted by atomic mass is 32.1. The molecular formula is C23H28N4O2S. The fraction of sp³-hybridized carbons (Fsp3) is 0.478. The van der Waals surface area contributed by atoms with Crippen molar-refractivity contribution in [2.24, 2.45) is 0 Å². The van der Waals surface area contributed by atoms with Gasteiger partial charge in [-0.3, -0.25) is 4.90 Å². The molecule has 1 atom stereocenters. The predicted octanol–water partition coefficient (Wildman–Crippen LogP) is 3.55. The van der Waals surface area contributed by atoms with Crippen LogP contribution in [-0.4, -0.2) is 52.8 Å². The molecule has 5 rings (SSSR count). The minimum Gasteiger partial charge on any atom is -0.387 e. The molecule has 1 saturated heterocycles. The third kappa shape index (κ3) is 4.21. The van der Waals surface area contributed by atoms with Crippen molar-refractivity contribution in [1.29, 1.82) is 0 Å². The topological polar surface area (TPSA) is 70.5 Å². The van der Waals surface area contributed by atoms with Gasteiger partial charge in [0.05, 0.1) is 31.2 Å². The maximum Gasteiger partial charge on any atom is 0.146 e. The monoisotopic (exact) mass is 424 g/mol. The first-order valence-corrected chi connectivity index (χ1v) is 11.7. The number of anilines is 1. The second kappa shape index (κ2) is 8.98. The van der Waals surface area contributed by atoms with Crippen LogP contribution in [0.3, 0.4) is 0 Å². The average molecular weight is 425 g/mol. The summed E-state index contributed by atoms with van der Waals surface area (Å²) in [6, 6.07) is 9.79. The van der Waals surface area contributed by atoms with Gasteiger partial charge in [0.1, 0.15) is 16.5 Å². The highest BCUT2D eigenvalue weighted by molar-refractivity contribution is 7.19. The summed E-state index contributed by atoms with van der Waals surface area (Å²) in [5.41, 5.74) is 2.33. The second-order valence-corrected chi connectivity index (χ2v) is 9.16. The van der Waals surface area contributed by atoms with Crippen LogP contribution in [0.15, 0.2) is 30.3 Å². The summed E-state index contributed by atoms with van der Waals surface area (Å²) >= 11 is 1.82. The molecule has 7 heteroatoms. The quantitative estimate of drug-likeness (QED) is 0.631. The zero-order valence-electron chi connectivity index (χ0n) is 17.1. The zero-order valence-corrected chi connectivity index (χ0v) is 18.0. The molecular weight excluding hydrogens is 396 g/mol. The Kier molecular flexibility index (Phi) is 5.95. The van der Waals surface area contributed by atoms with Crippen molar-refractivity contribution in [3.8, 4) is 0 Å². The van der Waals surface area contributed by atoms with Gasteiger partial charge in [0, 0.05) is 24.5 Å². The van der Waals surface area contributed by atoms with Crippen LogP contribution in [0.4, 0.5) is 5.82 Å². The summed E-state index contributed by atoms with van der Waals surface area (Å²) in [5, 5.41) is 15.3. The van der Waals surface area contributed by atoms with E-state index in [4.69, 9.17) is 14.7 Å². The van der Waals surface area contributed by atoms with Crippen molar-refractivity contribution >= 4 is 27.4 Å². The number of aryl methyl sites for hydroxylation is 2. The molecule has 30 heavy (non-hydrogen) atoms. The van der Waals surface area contributed by atoms with E-state index in [1.54, 1.807) is 0 Å². The highest BCUT2D eigenvalue weighted by Crippen LogP contribution is 2.38. The molecule has 1 aromatic carbocycles. The smallest absolute Gasteiger partial charge is 0.146 e. The van der Waals surface area contributed by atoms with Gasteiger partial charge in [-0.25, -0.2) is 9.97 Å². The fourth-order valence-corrected chi connectivity index (χ4v) is 5.63. The van der Waals surface area contributed by atoms with E-state index in [-0.39, 0.29) is 0 Å². The lowest BCUT2D eigenvalue weighted by Crippen LogP contribution is -2.36. The lowest BCUT2D eigenvalue weighted by Gasteiger charge is -2.26. The Morgan fingerprint density at radius 1 is 1.10 bits per heavy atom. The van der Waals surface area contributed by atoms with Crippen LogP contribution in [0.2, 0.25) is 0 Å². The standard InChI is InChI=1S/C23H28N4O2S/c28-18(16-6-2-1-3-7-16)14-24-22-21-17-8-4-5-9-19(17)30-23(21)26-20(25-22)15-27-10-12-29-13-11-27/h1-3,6-7,18,28H,4-5,8-15H2,(H,24,25,26). The molecule has 0 spiro atoms. The maximum atomic E-state index is 10.6. The first-order valence-electron chi connectivity index (χ1n) is 10.9. The van der Waals surface area contributed by atoms with E-state index in [2.05, 4.69) is 10.2 Å². The van der Waals surface area contributed by atoms with Crippen LogP contribution in [0.25, 0.3) is 10.2 Å². The van der Waals surface area contributed by atoms with E-state index in [9.17, 15) is 5.11 Å². The molecule has 1 unspecified atom stereocenters. The summed E-state index contributed by atoms with van der Waals surface area (Å²) in [6.07, 6.45) is 4.14. The Bertz CT molecular complexity index is 1000. The normalized spacial score (nSPS) is 18.3. The Labute approximate surface area is 180 Å². The van der Waals surface area contributed by atoms with Gasteiger partial charge in [-0.2, -0.15) is 0 Å². The van der Waals surface area contributed by atoms with Crippen LogP contribution in [0.1, 0.15) is 40.8 Å². The van der Waals surface area contributed by atoms with Gasteiger partial charge in [-0.15, -0.1) is 11.3 Å². The lowest BCUT2D eigenvalue weighted by molar-refractivity contribution is 0.0331. The predicted molar refractivity (Wildman–Crippen MR) is 120 cm³/mol. The number of rotatable bonds is 6. The molecule has 158 valence electrons. The first-order chi connectivity index (χ1) is 14.8. The van der Waals surface area contributed by atoms with E-state index < -0.39 is 6.10 Å². The Morgan fingerprint density at radius 2 is 1.90 bits per heavy atom. The summed E-state index contributed by atoms with van der Waals surface area (Å²) in [5.74, 6) is 1.72. The fourth-order valence-electron chi connectivity index (χ4n) is 4.35. The van der Waals surface area contributed by atoms with Gasteiger partial charge >= 0.3 is 0 Å². The summed E-state index contributed by atoms with van der Waals surface area (Å²) in [7, 11) is 0. The molecule has 1 aliphatic carbocycles. The molecule has 6 nitrogen and oxygen atoms in total. The van der Waals surface area contributed by atoms with Crippen molar-refractivity contribution in [2.45, 2.75) is 38.3 Å². The number of aromatic nitrogens is 2. The molecule has 0 bridgehead atoms. The van der Waals surface area contributed by atoms with Gasteiger partial charge in [0.25, 0.3) is 0 Å². The second-order valence-electron chi connectivity index (χ2n) is 8.08. The number of hydrogen-bond acceptors (Lipinski definition) is 7. The van der Waals surface area contributed by atoms with E-state index in [0.29, 0.717) is 6.54 Å². The van der Waals surface area contributed by atoms with Crippen molar-refractivity contribution in [3.05, 3.63) is 52.2 Å². The lowest BCUT2D eigenvalue weighted by atomic mass is 9.97. The van der Waals surface area contributed by atoms with Crippen molar-refractivity contribution in [1.82, 2.24) is 14.9 Å². The Balaban J connectivity index is 1.44. The Hall–Kier alpha value is -2.06. The van der Waals surface area contributed by atoms with Crippen LogP contribution in [0.5, 0.6) is 0 Å². The third-order valence-corrected chi connectivity index (χ3v) is 7.16. The summed E-state index contributed by atoms with van der Waals surface area (Å²) in [6.45, 7) is 4.53. The van der Waals surface area contributed by atoms with Crippen molar-refractivity contribution in [3.63, 3.8) is 0 Å². The molecule has 0 radical (unpaired) electrons.